The maximum absolute atomic E-state index is 12.9. The van der Waals surface area contributed by atoms with Gasteiger partial charge in [-0.3, -0.25) is 9.69 Å². The van der Waals surface area contributed by atoms with E-state index in [1.807, 2.05) is 55.5 Å². The van der Waals surface area contributed by atoms with Crippen LogP contribution >= 0.6 is 0 Å². The van der Waals surface area contributed by atoms with Crippen LogP contribution in [0, 0.1) is 11.8 Å². The number of para-hydroxylation sites is 1. The van der Waals surface area contributed by atoms with E-state index in [-0.39, 0.29) is 17.9 Å². The summed E-state index contributed by atoms with van der Waals surface area (Å²) in [7, 11) is 0. The van der Waals surface area contributed by atoms with Crippen LogP contribution in [0.2, 0.25) is 0 Å². The Kier molecular flexibility index (Phi) is 6.94. The third kappa shape index (κ3) is 5.08. The van der Waals surface area contributed by atoms with Gasteiger partial charge in [0.2, 0.25) is 0 Å². The summed E-state index contributed by atoms with van der Waals surface area (Å²) in [6.45, 7) is 2.77. The van der Waals surface area contributed by atoms with Crippen molar-refractivity contribution < 1.29 is 19.4 Å². The van der Waals surface area contributed by atoms with E-state index in [0.717, 1.165) is 48.2 Å². The molecule has 1 aliphatic carbocycles. The van der Waals surface area contributed by atoms with Gasteiger partial charge >= 0.3 is 12.0 Å². The molecular formula is C30H32N2O4. The lowest BCUT2D eigenvalue weighted by Crippen LogP contribution is -2.40. The van der Waals surface area contributed by atoms with E-state index in [1.54, 1.807) is 4.90 Å². The third-order valence-corrected chi connectivity index (χ3v) is 7.68. The first-order valence-electron chi connectivity index (χ1n) is 12.7. The second-order valence-electron chi connectivity index (χ2n) is 9.84. The standard InChI is InChI=1S/C30H32N2O4/c1-20(29(33)34)21-7-9-22(10-8-21)23-11-13-24(14-12-23)25-15-16-27-28(19-25)36-18-17-32(27)30(35)31-26-5-3-2-4-6-26/h2-6,11-16,19-22H,7-10,17-18H2,1H3,(H,31,35)(H,33,34). The van der Waals surface area contributed by atoms with E-state index >= 15 is 0 Å². The molecule has 2 N–H and O–H groups in total. The van der Waals surface area contributed by atoms with Crippen molar-refractivity contribution in [3.8, 4) is 16.9 Å². The van der Waals surface area contributed by atoms with Gasteiger partial charge in [-0.1, -0.05) is 55.5 Å². The first-order valence-corrected chi connectivity index (χ1v) is 12.7. The SMILES string of the molecule is CC(C(=O)O)C1CCC(c2ccc(-c3ccc4c(c3)OCCN4C(=O)Nc3ccccc3)cc2)CC1. The Balaban J connectivity index is 1.26. The van der Waals surface area contributed by atoms with E-state index in [9.17, 15) is 14.7 Å². The van der Waals surface area contributed by atoms with Crippen molar-refractivity contribution >= 4 is 23.4 Å². The Hall–Kier alpha value is -3.80. The lowest BCUT2D eigenvalue weighted by molar-refractivity contribution is -0.143. The van der Waals surface area contributed by atoms with Crippen molar-refractivity contribution in [1.82, 2.24) is 0 Å². The average molecular weight is 485 g/mol. The van der Waals surface area contributed by atoms with Gasteiger partial charge in [-0.15, -0.1) is 0 Å². The van der Waals surface area contributed by atoms with Crippen LogP contribution in [0.4, 0.5) is 16.2 Å². The van der Waals surface area contributed by atoms with Gasteiger partial charge in [-0.25, -0.2) is 4.79 Å². The average Bonchev–Trinajstić information content (AvgIpc) is 2.92. The number of nitrogens with zero attached hydrogens (tertiary/aromatic N) is 1. The van der Waals surface area contributed by atoms with Crippen molar-refractivity contribution in [2.45, 2.75) is 38.5 Å². The van der Waals surface area contributed by atoms with Crippen LogP contribution in [0.15, 0.2) is 72.8 Å². The molecule has 1 fully saturated rings. The van der Waals surface area contributed by atoms with E-state index in [2.05, 4.69) is 29.6 Å². The van der Waals surface area contributed by atoms with Crippen molar-refractivity contribution in [3.63, 3.8) is 0 Å². The molecule has 1 aliphatic heterocycles. The zero-order valence-corrected chi connectivity index (χ0v) is 20.5. The minimum absolute atomic E-state index is 0.171. The van der Waals surface area contributed by atoms with Gasteiger partial charge in [0, 0.05) is 5.69 Å². The maximum Gasteiger partial charge on any atom is 0.326 e. The van der Waals surface area contributed by atoms with Gasteiger partial charge in [-0.2, -0.15) is 0 Å². The zero-order valence-electron chi connectivity index (χ0n) is 20.5. The summed E-state index contributed by atoms with van der Waals surface area (Å²) in [6, 6.07) is 23.9. The molecule has 6 nitrogen and oxygen atoms in total. The predicted octanol–water partition coefficient (Wildman–Crippen LogP) is 6.78. The number of urea groups is 1. The molecule has 2 aliphatic rings. The highest BCUT2D eigenvalue weighted by Crippen LogP contribution is 2.40. The second kappa shape index (κ2) is 10.4. The molecule has 1 heterocycles. The van der Waals surface area contributed by atoms with Crippen molar-refractivity contribution in [3.05, 3.63) is 78.4 Å². The largest absolute Gasteiger partial charge is 0.490 e. The highest BCUT2D eigenvalue weighted by atomic mass is 16.5. The lowest BCUT2D eigenvalue weighted by Gasteiger charge is -2.31. The fraction of sp³-hybridized carbons (Fsp3) is 0.333. The zero-order chi connectivity index (χ0) is 25.1. The Bertz CT molecular complexity index is 1220. The number of carbonyl (C=O) groups is 2. The van der Waals surface area contributed by atoms with Crippen LogP contribution in [0.5, 0.6) is 5.75 Å². The summed E-state index contributed by atoms with van der Waals surface area (Å²) in [4.78, 5) is 25.9. The maximum atomic E-state index is 12.9. The number of anilines is 2. The first-order chi connectivity index (χ1) is 17.5. The summed E-state index contributed by atoms with van der Waals surface area (Å²) >= 11 is 0. The molecule has 0 saturated heterocycles. The van der Waals surface area contributed by atoms with Crippen molar-refractivity contribution in [1.29, 1.82) is 0 Å². The number of nitrogens with one attached hydrogen (secondary N) is 1. The summed E-state index contributed by atoms with van der Waals surface area (Å²) in [6.07, 6.45) is 4.01. The van der Waals surface area contributed by atoms with E-state index in [0.29, 0.717) is 24.8 Å². The molecule has 3 aromatic carbocycles. The molecule has 5 rings (SSSR count). The summed E-state index contributed by atoms with van der Waals surface area (Å²) in [5.41, 5.74) is 4.99. The third-order valence-electron chi connectivity index (χ3n) is 7.68. The van der Waals surface area contributed by atoms with Crippen molar-refractivity contribution in [2.75, 3.05) is 23.4 Å². The highest BCUT2D eigenvalue weighted by molar-refractivity contribution is 6.03. The molecular weight excluding hydrogens is 452 g/mol. The molecule has 0 bridgehead atoms. The van der Waals surface area contributed by atoms with E-state index in [1.165, 1.54) is 5.56 Å². The summed E-state index contributed by atoms with van der Waals surface area (Å²) in [5, 5.41) is 12.3. The number of carboxylic acids is 1. The summed E-state index contributed by atoms with van der Waals surface area (Å²) in [5.74, 6) is 0.524. The number of carboxylic acid groups (broad SMARTS) is 1. The highest BCUT2D eigenvalue weighted by Gasteiger charge is 2.29. The fourth-order valence-electron chi connectivity index (χ4n) is 5.42. The molecule has 3 aromatic rings. The molecule has 0 aromatic heterocycles. The Morgan fingerprint density at radius 2 is 1.64 bits per heavy atom. The van der Waals surface area contributed by atoms with Gasteiger partial charge in [0.05, 0.1) is 18.2 Å². The summed E-state index contributed by atoms with van der Waals surface area (Å²) < 4.78 is 5.92. The topological polar surface area (TPSA) is 78.9 Å². The van der Waals surface area contributed by atoms with Gasteiger partial charge in [0.25, 0.3) is 0 Å². The molecule has 6 heteroatoms. The number of benzene rings is 3. The number of ether oxygens (including phenoxy) is 1. The molecule has 0 spiro atoms. The van der Waals surface area contributed by atoms with Crippen LogP contribution in [0.3, 0.4) is 0 Å². The quantitative estimate of drug-likeness (QED) is 0.418. The van der Waals surface area contributed by atoms with Gasteiger partial charge in [-0.05, 0) is 78.5 Å². The van der Waals surface area contributed by atoms with E-state index < -0.39 is 5.97 Å². The molecule has 1 saturated carbocycles. The number of carbonyl (C=O) groups excluding carboxylic acids is 1. The van der Waals surface area contributed by atoms with Gasteiger partial charge in [0.15, 0.2) is 0 Å². The second-order valence-corrected chi connectivity index (χ2v) is 9.84. The van der Waals surface area contributed by atoms with Crippen LogP contribution in [0.25, 0.3) is 11.1 Å². The van der Waals surface area contributed by atoms with Crippen molar-refractivity contribution in [2.24, 2.45) is 11.8 Å². The molecule has 186 valence electrons. The lowest BCUT2D eigenvalue weighted by atomic mass is 9.74. The minimum Gasteiger partial charge on any atom is -0.490 e. The number of fused-ring (bicyclic) bond motifs is 1. The van der Waals surface area contributed by atoms with Gasteiger partial charge in [0.1, 0.15) is 12.4 Å². The minimum atomic E-state index is -0.684. The predicted molar refractivity (Wildman–Crippen MR) is 142 cm³/mol. The number of amides is 2. The fourth-order valence-corrected chi connectivity index (χ4v) is 5.42. The molecule has 36 heavy (non-hydrogen) atoms. The number of hydrogen-bond donors (Lipinski definition) is 2. The Morgan fingerprint density at radius 1 is 0.944 bits per heavy atom. The molecule has 2 amide bonds. The molecule has 1 unspecified atom stereocenters. The normalized spacial score (nSPS) is 20.1. The Morgan fingerprint density at radius 3 is 2.33 bits per heavy atom. The van der Waals surface area contributed by atoms with Crippen LogP contribution < -0.4 is 15.0 Å². The monoisotopic (exact) mass is 484 g/mol. The smallest absolute Gasteiger partial charge is 0.326 e. The van der Waals surface area contributed by atoms with Crippen LogP contribution in [-0.4, -0.2) is 30.3 Å². The number of hydrogen-bond acceptors (Lipinski definition) is 3. The van der Waals surface area contributed by atoms with E-state index in [4.69, 9.17) is 4.74 Å². The number of aliphatic carboxylic acids is 1. The molecule has 0 radical (unpaired) electrons. The van der Waals surface area contributed by atoms with Crippen LogP contribution in [0.1, 0.15) is 44.1 Å². The Labute approximate surface area is 211 Å². The van der Waals surface area contributed by atoms with Crippen LogP contribution in [-0.2, 0) is 4.79 Å². The van der Waals surface area contributed by atoms with Gasteiger partial charge < -0.3 is 15.2 Å². The first kappa shape index (κ1) is 23.9. The number of rotatable bonds is 5. The molecule has 1 atom stereocenters.